The number of hydrogen-bond donors (Lipinski definition) is 2. The number of amides is 1. The molecule has 0 heterocycles. The van der Waals surface area contributed by atoms with Crippen molar-refractivity contribution in [1.29, 1.82) is 0 Å². The average molecular weight is 363 g/mol. The highest BCUT2D eigenvalue weighted by atomic mass is 79.9. The highest BCUT2D eigenvalue weighted by Crippen LogP contribution is 2.18. The SMILES string of the molecule is C[C@H](Oc1cccc(Br)c1)C(=O)N/N=C/c1ccc(O)cc1. The third kappa shape index (κ3) is 4.89. The van der Waals surface area contributed by atoms with Crippen molar-refractivity contribution in [3.8, 4) is 11.5 Å². The number of nitrogens with zero attached hydrogens (tertiary/aromatic N) is 1. The molecule has 1 amide bonds. The average Bonchev–Trinajstić information content (AvgIpc) is 2.49. The standard InChI is InChI=1S/C16H15BrN2O3/c1-11(22-15-4-2-3-13(17)9-15)16(21)19-18-10-12-5-7-14(20)8-6-12/h2-11,20H,1H3,(H,19,21)/b18-10+/t11-/m0/s1. The lowest BCUT2D eigenvalue weighted by molar-refractivity contribution is -0.127. The van der Waals surface area contributed by atoms with Gasteiger partial charge in [0, 0.05) is 4.47 Å². The van der Waals surface area contributed by atoms with Gasteiger partial charge in [-0.2, -0.15) is 5.10 Å². The molecule has 2 aromatic carbocycles. The maximum Gasteiger partial charge on any atom is 0.280 e. The quantitative estimate of drug-likeness (QED) is 0.634. The second-order valence-electron chi connectivity index (χ2n) is 4.54. The van der Waals surface area contributed by atoms with E-state index in [0.29, 0.717) is 5.75 Å². The number of aromatic hydroxyl groups is 1. The van der Waals surface area contributed by atoms with Crippen molar-refractivity contribution in [3.05, 3.63) is 58.6 Å². The van der Waals surface area contributed by atoms with Crippen LogP contribution in [0.2, 0.25) is 0 Å². The molecule has 0 saturated carbocycles. The van der Waals surface area contributed by atoms with Crippen LogP contribution in [0.25, 0.3) is 0 Å². The normalized spacial score (nSPS) is 12.1. The van der Waals surface area contributed by atoms with Crippen LogP contribution < -0.4 is 10.2 Å². The first kappa shape index (κ1) is 16.0. The van der Waals surface area contributed by atoms with Crippen LogP contribution in [-0.4, -0.2) is 23.3 Å². The van der Waals surface area contributed by atoms with Crippen molar-refractivity contribution >= 4 is 28.1 Å². The number of ether oxygens (including phenoxy) is 1. The predicted octanol–water partition coefficient (Wildman–Crippen LogP) is 3.07. The van der Waals surface area contributed by atoms with E-state index in [9.17, 15) is 4.79 Å². The van der Waals surface area contributed by atoms with Gasteiger partial charge in [-0.25, -0.2) is 5.43 Å². The summed E-state index contributed by atoms with van der Waals surface area (Å²) >= 11 is 3.34. The molecule has 114 valence electrons. The molecule has 22 heavy (non-hydrogen) atoms. The molecule has 2 rings (SSSR count). The van der Waals surface area contributed by atoms with Crippen molar-refractivity contribution in [1.82, 2.24) is 5.43 Å². The van der Waals surface area contributed by atoms with E-state index in [1.165, 1.54) is 6.21 Å². The van der Waals surface area contributed by atoms with Crippen LogP contribution >= 0.6 is 15.9 Å². The van der Waals surface area contributed by atoms with Crippen molar-refractivity contribution < 1.29 is 14.6 Å². The summed E-state index contributed by atoms with van der Waals surface area (Å²) in [6, 6.07) is 13.7. The number of hydrogen-bond acceptors (Lipinski definition) is 4. The molecular formula is C16H15BrN2O3. The molecule has 5 nitrogen and oxygen atoms in total. The van der Waals surface area contributed by atoms with Crippen LogP contribution in [0.3, 0.4) is 0 Å². The van der Waals surface area contributed by atoms with Gasteiger partial charge in [-0.15, -0.1) is 0 Å². The molecule has 2 N–H and O–H groups in total. The number of phenols is 1. The van der Waals surface area contributed by atoms with Gasteiger partial charge >= 0.3 is 0 Å². The molecule has 0 unspecified atom stereocenters. The van der Waals surface area contributed by atoms with Gasteiger partial charge < -0.3 is 9.84 Å². The number of nitrogens with one attached hydrogen (secondary N) is 1. The zero-order valence-electron chi connectivity index (χ0n) is 11.9. The number of rotatable bonds is 5. The zero-order valence-corrected chi connectivity index (χ0v) is 13.4. The van der Waals surface area contributed by atoms with Gasteiger partial charge in [0.15, 0.2) is 6.10 Å². The van der Waals surface area contributed by atoms with Gasteiger partial charge in [0.05, 0.1) is 6.21 Å². The Morgan fingerprint density at radius 3 is 2.73 bits per heavy atom. The number of carbonyl (C=O) groups is 1. The van der Waals surface area contributed by atoms with Crippen LogP contribution in [0.5, 0.6) is 11.5 Å². The van der Waals surface area contributed by atoms with Gasteiger partial charge in [-0.05, 0) is 55.0 Å². The number of phenolic OH excluding ortho intramolecular Hbond substituents is 1. The van der Waals surface area contributed by atoms with Crippen molar-refractivity contribution in [2.24, 2.45) is 5.10 Å². The predicted molar refractivity (Wildman–Crippen MR) is 88.1 cm³/mol. The number of halogens is 1. The molecular weight excluding hydrogens is 348 g/mol. The highest BCUT2D eigenvalue weighted by molar-refractivity contribution is 9.10. The molecule has 0 aromatic heterocycles. The first-order chi connectivity index (χ1) is 10.5. The summed E-state index contributed by atoms with van der Waals surface area (Å²) in [6.07, 6.45) is 0.814. The van der Waals surface area contributed by atoms with Gasteiger partial charge in [0.2, 0.25) is 0 Å². The number of carbonyl (C=O) groups excluding carboxylic acids is 1. The van der Waals surface area contributed by atoms with Gasteiger partial charge in [-0.1, -0.05) is 22.0 Å². The summed E-state index contributed by atoms with van der Waals surface area (Å²) in [5, 5.41) is 13.0. The fraction of sp³-hybridized carbons (Fsp3) is 0.125. The third-order valence-corrected chi connectivity index (χ3v) is 3.25. The zero-order chi connectivity index (χ0) is 15.9. The molecule has 0 aliphatic heterocycles. The Kier molecular flexibility index (Phi) is 5.55. The van der Waals surface area contributed by atoms with Crippen molar-refractivity contribution in [3.63, 3.8) is 0 Å². The van der Waals surface area contributed by atoms with Gasteiger partial charge in [0.1, 0.15) is 11.5 Å². The molecule has 1 atom stereocenters. The first-order valence-electron chi connectivity index (χ1n) is 6.59. The summed E-state index contributed by atoms with van der Waals surface area (Å²) in [7, 11) is 0. The Labute approximate surface area is 136 Å². The smallest absolute Gasteiger partial charge is 0.280 e. The second-order valence-corrected chi connectivity index (χ2v) is 5.46. The van der Waals surface area contributed by atoms with E-state index in [0.717, 1.165) is 10.0 Å². The molecule has 6 heteroatoms. The Balaban J connectivity index is 1.87. The Morgan fingerprint density at radius 1 is 1.32 bits per heavy atom. The minimum Gasteiger partial charge on any atom is -0.508 e. The Bertz CT molecular complexity index is 671. The molecule has 0 radical (unpaired) electrons. The van der Waals surface area contributed by atoms with Crippen LogP contribution in [-0.2, 0) is 4.79 Å². The largest absolute Gasteiger partial charge is 0.508 e. The fourth-order valence-corrected chi connectivity index (χ4v) is 2.00. The Morgan fingerprint density at radius 2 is 2.05 bits per heavy atom. The molecule has 2 aromatic rings. The molecule has 0 aliphatic carbocycles. The number of benzene rings is 2. The maximum absolute atomic E-state index is 11.9. The van der Waals surface area contributed by atoms with Crippen molar-refractivity contribution in [2.75, 3.05) is 0 Å². The lowest BCUT2D eigenvalue weighted by Gasteiger charge is -2.12. The van der Waals surface area contributed by atoms with Gasteiger partial charge in [0.25, 0.3) is 5.91 Å². The van der Waals surface area contributed by atoms with Gasteiger partial charge in [-0.3, -0.25) is 4.79 Å². The molecule has 0 spiro atoms. The summed E-state index contributed by atoms with van der Waals surface area (Å²) in [5.41, 5.74) is 3.17. The third-order valence-electron chi connectivity index (χ3n) is 2.76. The fourth-order valence-electron chi connectivity index (χ4n) is 1.62. The minimum atomic E-state index is -0.675. The topological polar surface area (TPSA) is 70.9 Å². The lowest BCUT2D eigenvalue weighted by Crippen LogP contribution is -2.33. The van der Waals surface area contributed by atoms with Crippen molar-refractivity contribution in [2.45, 2.75) is 13.0 Å². The van der Waals surface area contributed by atoms with E-state index in [1.807, 2.05) is 12.1 Å². The molecule has 0 bridgehead atoms. The molecule has 0 fully saturated rings. The monoisotopic (exact) mass is 362 g/mol. The second kappa shape index (κ2) is 7.61. The van der Waals surface area contributed by atoms with E-state index in [1.54, 1.807) is 43.3 Å². The van der Waals surface area contributed by atoms with E-state index < -0.39 is 6.10 Å². The van der Waals surface area contributed by atoms with E-state index in [2.05, 4.69) is 26.5 Å². The summed E-state index contributed by atoms with van der Waals surface area (Å²) in [5.74, 6) is 0.423. The highest BCUT2D eigenvalue weighted by Gasteiger charge is 2.13. The first-order valence-corrected chi connectivity index (χ1v) is 7.38. The van der Waals surface area contributed by atoms with Crippen LogP contribution in [0, 0.1) is 0 Å². The maximum atomic E-state index is 11.9. The number of hydrazone groups is 1. The summed E-state index contributed by atoms with van der Waals surface area (Å²) < 4.78 is 6.40. The molecule has 0 aliphatic rings. The lowest BCUT2D eigenvalue weighted by atomic mass is 10.2. The van der Waals surface area contributed by atoms with E-state index >= 15 is 0 Å². The van der Waals surface area contributed by atoms with E-state index in [4.69, 9.17) is 9.84 Å². The van der Waals surface area contributed by atoms with Crippen LogP contribution in [0.1, 0.15) is 12.5 Å². The Hall–Kier alpha value is -2.34. The van der Waals surface area contributed by atoms with Crippen LogP contribution in [0.15, 0.2) is 58.1 Å². The summed E-state index contributed by atoms with van der Waals surface area (Å²) in [4.78, 5) is 11.9. The van der Waals surface area contributed by atoms with E-state index in [-0.39, 0.29) is 11.7 Å². The summed E-state index contributed by atoms with van der Waals surface area (Å²) in [6.45, 7) is 1.65. The minimum absolute atomic E-state index is 0.178. The van der Waals surface area contributed by atoms with Crippen LogP contribution in [0.4, 0.5) is 0 Å². The molecule has 0 saturated heterocycles.